The molecule has 1 fully saturated rings. The molecule has 1 unspecified atom stereocenters. The van der Waals surface area contributed by atoms with Gasteiger partial charge in [-0.1, -0.05) is 36.4 Å². The Kier molecular flexibility index (Phi) is 4.18. The van der Waals surface area contributed by atoms with Gasteiger partial charge in [0.15, 0.2) is 0 Å². The van der Waals surface area contributed by atoms with Crippen LogP contribution in [0.15, 0.2) is 42.5 Å². The Bertz CT molecular complexity index is 641. The smallest absolute Gasteiger partial charge is 0.305 e. The topological polar surface area (TPSA) is 49.8 Å². The Labute approximate surface area is 123 Å². The largest absolute Gasteiger partial charge is 0.481 e. The molecule has 0 bridgehead atoms. The number of hydrogen-bond donors (Lipinski definition) is 1. The molecule has 1 atom stereocenters. The molecule has 0 aliphatic carbocycles. The number of rotatable bonds is 4. The predicted octanol–water partition coefficient (Wildman–Crippen LogP) is 2.52. The molecule has 1 N–H and O–H groups in total. The Balaban J connectivity index is 1.77. The highest BCUT2D eigenvalue weighted by Gasteiger charge is 2.25. The summed E-state index contributed by atoms with van der Waals surface area (Å²) in [6, 6.07) is 14.7. The average molecular weight is 285 g/mol. The van der Waals surface area contributed by atoms with Crippen LogP contribution in [0.25, 0.3) is 10.8 Å². The number of aliphatic carboxylic acids is 1. The third kappa shape index (κ3) is 3.40. The van der Waals surface area contributed by atoms with Gasteiger partial charge in [0.25, 0.3) is 0 Å². The fourth-order valence-corrected chi connectivity index (χ4v) is 2.86. The zero-order chi connectivity index (χ0) is 14.7. The van der Waals surface area contributed by atoms with E-state index < -0.39 is 5.97 Å². The number of fused-ring (bicyclic) bond motifs is 1. The first-order valence-electron chi connectivity index (χ1n) is 7.23. The molecular formula is C17H19NO3. The molecule has 1 aliphatic heterocycles. The molecule has 0 spiro atoms. The fraction of sp³-hybridized carbons (Fsp3) is 0.353. The predicted molar refractivity (Wildman–Crippen MR) is 81.2 cm³/mol. The van der Waals surface area contributed by atoms with Gasteiger partial charge in [0.2, 0.25) is 0 Å². The van der Waals surface area contributed by atoms with E-state index in [4.69, 9.17) is 9.84 Å². The van der Waals surface area contributed by atoms with Crippen molar-refractivity contribution in [3.63, 3.8) is 0 Å². The second-order valence-electron chi connectivity index (χ2n) is 5.48. The number of carbonyl (C=O) groups is 1. The second kappa shape index (κ2) is 6.24. The summed E-state index contributed by atoms with van der Waals surface area (Å²) in [5.41, 5.74) is 1.21. The van der Waals surface area contributed by atoms with E-state index in [2.05, 4.69) is 35.2 Å². The Hall–Kier alpha value is -1.91. The molecule has 3 rings (SSSR count). The van der Waals surface area contributed by atoms with E-state index in [0.717, 1.165) is 13.1 Å². The number of benzene rings is 2. The summed E-state index contributed by atoms with van der Waals surface area (Å²) in [5, 5.41) is 11.5. The molecule has 2 aromatic carbocycles. The van der Waals surface area contributed by atoms with Gasteiger partial charge in [0.05, 0.1) is 19.6 Å². The first kappa shape index (κ1) is 14.0. The highest BCUT2D eigenvalue weighted by Crippen LogP contribution is 2.19. The van der Waals surface area contributed by atoms with Gasteiger partial charge in [-0.2, -0.15) is 0 Å². The standard InChI is InChI=1S/C17H19NO3/c19-17(20)10-16-12-21-8-7-18(16)11-13-5-6-14-3-1-2-4-15(14)9-13/h1-6,9,16H,7-8,10-12H2,(H,19,20). The lowest BCUT2D eigenvalue weighted by Gasteiger charge is -2.34. The van der Waals surface area contributed by atoms with Crippen molar-refractivity contribution in [3.8, 4) is 0 Å². The van der Waals surface area contributed by atoms with Crippen LogP contribution in [0.5, 0.6) is 0 Å². The molecule has 1 saturated heterocycles. The molecule has 4 heteroatoms. The molecule has 21 heavy (non-hydrogen) atoms. The van der Waals surface area contributed by atoms with Gasteiger partial charge < -0.3 is 9.84 Å². The normalized spacial score (nSPS) is 19.7. The lowest BCUT2D eigenvalue weighted by atomic mass is 10.1. The summed E-state index contributed by atoms with van der Waals surface area (Å²) >= 11 is 0. The molecule has 0 radical (unpaired) electrons. The van der Waals surface area contributed by atoms with Crippen LogP contribution in [0.1, 0.15) is 12.0 Å². The summed E-state index contributed by atoms with van der Waals surface area (Å²) in [6.45, 7) is 2.72. The Morgan fingerprint density at radius 3 is 2.86 bits per heavy atom. The van der Waals surface area contributed by atoms with E-state index in [9.17, 15) is 4.79 Å². The summed E-state index contributed by atoms with van der Waals surface area (Å²) in [4.78, 5) is 13.2. The molecule has 0 saturated carbocycles. The van der Waals surface area contributed by atoms with Crippen LogP contribution >= 0.6 is 0 Å². The number of carboxylic acids is 1. The third-order valence-corrected chi connectivity index (χ3v) is 3.96. The number of hydrogen-bond acceptors (Lipinski definition) is 3. The number of nitrogens with zero attached hydrogens (tertiary/aromatic N) is 1. The van der Waals surface area contributed by atoms with Crippen molar-refractivity contribution in [3.05, 3.63) is 48.0 Å². The molecule has 0 amide bonds. The van der Waals surface area contributed by atoms with Gasteiger partial charge in [-0.05, 0) is 22.4 Å². The van der Waals surface area contributed by atoms with E-state index in [1.807, 2.05) is 12.1 Å². The van der Waals surface area contributed by atoms with Gasteiger partial charge >= 0.3 is 5.97 Å². The van der Waals surface area contributed by atoms with E-state index in [-0.39, 0.29) is 12.5 Å². The van der Waals surface area contributed by atoms with Crippen molar-refractivity contribution in [1.82, 2.24) is 4.90 Å². The molecule has 0 aromatic heterocycles. The summed E-state index contributed by atoms with van der Waals surface area (Å²) in [6.07, 6.45) is 0.133. The zero-order valence-electron chi connectivity index (χ0n) is 11.9. The van der Waals surface area contributed by atoms with Crippen molar-refractivity contribution in [1.29, 1.82) is 0 Å². The van der Waals surface area contributed by atoms with Gasteiger partial charge in [-0.15, -0.1) is 0 Å². The van der Waals surface area contributed by atoms with Crippen LogP contribution in [0, 0.1) is 0 Å². The minimum absolute atomic E-state index is 0.0391. The zero-order valence-corrected chi connectivity index (χ0v) is 11.9. The number of morpholine rings is 1. The molecule has 2 aromatic rings. The lowest BCUT2D eigenvalue weighted by Crippen LogP contribution is -2.45. The van der Waals surface area contributed by atoms with E-state index in [0.29, 0.717) is 13.2 Å². The molecule has 1 heterocycles. The number of carboxylic acid groups (broad SMARTS) is 1. The van der Waals surface area contributed by atoms with Crippen molar-refractivity contribution < 1.29 is 14.6 Å². The summed E-state index contributed by atoms with van der Waals surface area (Å²) in [5.74, 6) is -0.769. The summed E-state index contributed by atoms with van der Waals surface area (Å²) in [7, 11) is 0. The van der Waals surface area contributed by atoms with Crippen LogP contribution in [0.3, 0.4) is 0 Å². The van der Waals surface area contributed by atoms with E-state index in [1.165, 1.54) is 16.3 Å². The monoisotopic (exact) mass is 285 g/mol. The second-order valence-corrected chi connectivity index (χ2v) is 5.48. The van der Waals surface area contributed by atoms with Crippen molar-refractivity contribution in [2.75, 3.05) is 19.8 Å². The van der Waals surface area contributed by atoms with Gasteiger partial charge in [-0.3, -0.25) is 9.69 Å². The maximum atomic E-state index is 11.0. The highest BCUT2D eigenvalue weighted by atomic mass is 16.5. The van der Waals surface area contributed by atoms with Gasteiger partial charge in [-0.25, -0.2) is 0 Å². The number of ether oxygens (including phenoxy) is 1. The van der Waals surface area contributed by atoms with Crippen LogP contribution in [-0.2, 0) is 16.1 Å². The van der Waals surface area contributed by atoms with Crippen LogP contribution in [0.2, 0.25) is 0 Å². The Morgan fingerprint density at radius 1 is 1.24 bits per heavy atom. The van der Waals surface area contributed by atoms with Crippen molar-refractivity contribution in [2.45, 2.75) is 19.0 Å². The molecule has 1 aliphatic rings. The Morgan fingerprint density at radius 2 is 2.05 bits per heavy atom. The van der Waals surface area contributed by atoms with E-state index >= 15 is 0 Å². The maximum absolute atomic E-state index is 11.0. The van der Waals surface area contributed by atoms with E-state index in [1.54, 1.807) is 0 Å². The van der Waals surface area contributed by atoms with Crippen LogP contribution < -0.4 is 0 Å². The van der Waals surface area contributed by atoms with Gasteiger partial charge in [0, 0.05) is 19.1 Å². The minimum atomic E-state index is -0.769. The summed E-state index contributed by atoms with van der Waals surface area (Å²) < 4.78 is 5.42. The molecule has 4 nitrogen and oxygen atoms in total. The maximum Gasteiger partial charge on any atom is 0.305 e. The van der Waals surface area contributed by atoms with Crippen LogP contribution in [-0.4, -0.2) is 41.8 Å². The van der Waals surface area contributed by atoms with Crippen LogP contribution in [0.4, 0.5) is 0 Å². The quantitative estimate of drug-likeness (QED) is 0.938. The first-order chi connectivity index (χ1) is 10.2. The van der Waals surface area contributed by atoms with Gasteiger partial charge in [0.1, 0.15) is 0 Å². The lowest BCUT2D eigenvalue weighted by molar-refractivity contribution is -0.140. The molecule has 110 valence electrons. The fourth-order valence-electron chi connectivity index (χ4n) is 2.86. The third-order valence-electron chi connectivity index (χ3n) is 3.96. The van der Waals surface area contributed by atoms with Crippen molar-refractivity contribution >= 4 is 16.7 Å². The first-order valence-corrected chi connectivity index (χ1v) is 7.23. The SMILES string of the molecule is O=C(O)CC1COCCN1Cc1ccc2ccccc2c1. The molecular weight excluding hydrogens is 266 g/mol. The minimum Gasteiger partial charge on any atom is -0.481 e. The van der Waals surface area contributed by atoms with Crippen molar-refractivity contribution in [2.24, 2.45) is 0 Å². The average Bonchev–Trinajstić information content (AvgIpc) is 2.49. The highest BCUT2D eigenvalue weighted by molar-refractivity contribution is 5.82.